The molecular weight excluding hydrogens is 502 g/mol. The first-order valence-corrected chi connectivity index (χ1v) is 11.7. The molecule has 1 aliphatic rings. The van der Waals surface area contributed by atoms with Crippen molar-refractivity contribution in [2.45, 2.75) is 31.7 Å². The molecule has 0 bridgehead atoms. The van der Waals surface area contributed by atoms with Gasteiger partial charge in [0.25, 0.3) is 0 Å². The fraction of sp³-hybridized carbons (Fsp3) is 0.429. The molecule has 6 nitrogen and oxygen atoms in total. The lowest BCUT2D eigenvalue weighted by molar-refractivity contribution is -0.274. The van der Waals surface area contributed by atoms with Gasteiger partial charge in [0, 0.05) is 13.6 Å². The highest BCUT2D eigenvalue weighted by Crippen LogP contribution is 2.39. The summed E-state index contributed by atoms with van der Waals surface area (Å²) in [5, 5.41) is 1.72. The number of rotatable bonds is 6. The summed E-state index contributed by atoms with van der Waals surface area (Å²) in [7, 11) is -2.22. The van der Waals surface area contributed by atoms with Crippen LogP contribution < -0.4 is 14.9 Å². The van der Waals surface area contributed by atoms with Gasteiger partial charge in [-0.2, -0.15) is 0 Å². The first-order valence-electron chi connectivity index (χ1n) is 9.84. The minimum Gasteiger partial charge on any atom is -0.406 e. The number of sulfonamides is 1. The van der Waals surface area contributed by atoms with Gasteiger partial charge in [-0.25, -0.2) is 13.4 Å². The van der Waals surface area contributed by atoms with Crippen molar-refractivity contribution >= 4 is 40.5 Å². The van der Waals surface area contributed by atoms with E-state index in [2.05, 4.69) is 4.74 Å². The highest BCUT2D eigenvalue weighted by molar-refractivity contribution is 7.92. The Labute approximate surface area is 204 Å². The maximum atomic E-state index is 13.0. The summed E-state index contributed by atoms with van der Waals surface area (Å²) in [5.74, 6) is 5.86. The van der Waals surface area contributed by atoms with Gasteiger partial charge in [-0.05, 0) is 54.5 Å². The zero-order chi connectivity index (χ0) is 22.8. The summed E-state index contributed by atoms with van der Waals surface area (Å²) in [4.78, 5) is 0. The summed E-state index contributed by atoms with van der Waals surface area (Å²) < 4.78 is 68.1. The number of ether oxygens (including phenoxy) is 1. The molecule has 0 aromatic heterocycles. The molecule has 2 unspecified atom stereocenters. The lowest BCUT2D eigenvalue weighted by Gasteiger charge is -2.39. The standard InChI is InChI=1S/C21H26F3N3O3S.2ClH/c1-26(31(2,28)29)18-10-11-19(30-21(22,23)24)17(14-18)13-16-9-6-12-27(25)20(16)15-7-4-3-5-8-15;;/h3-5,7-8,10-11,14,16,20H,6,9,12-13,25H2,1-2H3;2*1H. The first-order chi connectivity index (χ1) is 14.5. The van der Waals surface area contributed by atoms with Crippen LogP contribution in [0.5, 0.6) is 5.75 Å². The fourth-order valence-corrected chi connectivity index (χ4v) is 4.55. The van der Waals surface area contributed by atoms with Gasteiger partial charge >= 0.3 is 6.36 Å². The number of hydrazine groups is 1. The van der Waals surface area contributed by atoms with Gasteiger partial charge in [0.2, 0.25) is 10.0 Å². The number of nitrogens with zero attached hydrogens (tertiary/aromatic N) is 2. The van der Waals surface area contributed by atoms with Crippen LogP contribution in [0.15, 0.2) is 48.5 Å². The number of hydrogen-bond donors (Lipinski definition) is 1. The minimum absolute atomic E-state index is 0. The molecule has 2 aromatic carbocycles. The third-order valence-corrected chi connectivity index (χ3v) is 6.75. The largest absolute Gasteiger partial charge is 0.573 e. The van der Waals surface area contributed by atoms with Gasteiger partial charge in [-0.3, -0.25) is 10.1 Å². The molecular formula is C21H28Cl2F3N3O3S. The van der Waals surface area contributed by atoms with Crippen LogP contribution in [0.2, 0.25) is 0 Å². The van der Waals surface area contributed by atoms with E-state index >= 15 is 0 Å². The number of hydrogen-bond acceptors (Lipinski definition) is 5. The van der Waals surface area contributed by atoms with Crippen molar-refractivity contribution in [2.24, 2.45) is 11.8 Å². The minimum atomic E-state index is -4.86. The Hall–Kier alpha value is -1.72. The Balaban J connectivity index is 0.00000272. The van der Waals surface area contributed by atoms with Crippen LogP contribution in [0.25, 0.3) is 0 Å². The van der Waals surface area contributed by atoms with Crippen molar-refractivity contribution in [3.8, 4) is 5.75 Å². The number of nitrogens with two attached hydrogens (primary N) is 1. The predicted octanol–water partition coefficient (Wildman–Crippen LogP) is 4.69. The molecule has 2 aromatic rings. The topological polar surface area (TPSA) is 75.9 Å². The molecule has 1 saturated heterocycles. The summed E-state index contributed by atoms with van der Waals surface area (Å²) in [6, 6.07) is 13.3. The Kier molecular flexibility index (Phi) is 10.3. The average molecular weight is 530 g/mol. The van der Waals surface area contributed by atoms with Gasteiger partial charge in [0.05, 0.1) is 18.0 Å². The predicted molar refractivity (Wildman–Crippen MR) is 127 cm³/mol. The van der Waals surface area contributed by atoms with E-state index in [1.165, 1.54) is 25.2 Å². The van der Waals surface area contributed by atoms with Crippen LogP contribution in [0.4, 0.5) is 18.9 Å². The van der Waals surface area contributed by atoms with E-state index in [4.69, 9.17) is 5.84 Å². The molecule has 0 aliphatic carbocycles. The molecule has 186 valence electrons. The molecule has 12 heteroatoms. The fourth-order valence-electron chi connectivity index (χ4n) is 4.05. The second-order valence-electron chi connectivity index (χ2n) is 7.77. The van der Waals surface area contributed by atoms with E-state index in [0.29, 0.717) is 6.54 Å². The van der Waals surface area contributed by atoms with Gasteiger partial charge in [-0.1, -0.05) is 30.3 Å². The number of piperidine rings is 1. The van der Waals surface area contributed by atoms with Crippen molar-refractivity contribution in [3.05, 3.63) is 59.7 Å². The molecule has 1 aliphatic heterocycles. The third-order valence-electron chi connectivity index (χ3n) is 5.55. The molecule has 0 amide bonds. The Bertz CT molecular complexity index is 1010. The van der Waals surface area contributed by atoms with Crippen molar-refractivity contribution in [1.29, 1.82) is 0 Å². The lowest BCUT2D eigenvalue weighted by Crippen LogP contribution is -2.44. The van der Waals surface area contributed by atoms with E-state index in [0.717, 1.165) is 29.0 Å². The highest BCUT2D eigenvalue weighted by atomic mass is 35.5. The van der Waals surface area contributed by atoms with Crippen molar-refractivity contribution in [2.75, 3.05) is 24.2 Å². The molecule has 1 fully saturated rings. The molecule has 0 spiro atoms. The van der Waals surface area contributed by atoms with E-state index in [1.807, 2.05) is 30.3 Å². The number of halogens is 5. The Morgan fingerprint density at radius 3 is 2.36 bits per heavy atom. The molecule has 2 atom stereocenters. The lowest BCUT2D eigenvalue weighted by atomic mass is 9.81. The monoisotopic (exact) mass is 529 g/mol. The molecule has 0 radical (unpaired) electrons. The summed E-state index contributed by atoms with van der Waals surface area (Å²) in [5.41, 5.74) is 1.53. The van der Waals surface area contributed by atoms with Crippen LogP contribution >= 0.6 is 24.8 Å². The number of anilines is 1. The van der Waals surface area contributed by atoms with Gasteiger partial charge in [-0.15, -0.1) is 38.0 Å². The molecule has 0 saturated carbocycles. The van der Waals surface area contributed by atoms with E-state index in [9.17, 15) is 21.6 Å². The normalized spacial score (nSPS) is 19.2. The summed E-state index contributed by atoms with van der Waals surface area (Å²) >= 11 is 0. The Morgan fingerprint density at radius 1 is 1.15 bits per heavy atom. The summed E-state index contributed by atoms with van der Waals surface area (Å²) in [6.07, 6.45) is -1.99. The third kappa shape index (κ3) is 7.65. The van der Waals surface area contributed by atoms with E-state index in [1.54, 1.807) is 5.01 Å². The SMILES string of the molecule is CN(c1ccc(OC(F)(F)F)c(CC2CCCN(N)C2c2ccccc2)c1)S(C)(=O)=O.Cl.Cl. The second kappa shape index (κ2) is 11.6. The maximum Gasteiger partial charge on any atom is 0.573 e. The van der Waals surface area contributed by atoms with Crippen molar-refractivity contribution in [3.63, 3.8) is 0 Å². The van der Waals surface area contributed by atoms with Gasteiger partial charge in [0.1, 0.15) is 5.75 Å². The van der Waals surface area contributed by atoms with E-state index in [-0.39, 0.29) is 60.2 Å². The molecule has 2 N–H and O–H groups in total. The Morgan fingerprint density at radius 2 is 1.79 bits per heavy atom. The maximum absolute atomic E-state index is 13.0. The molecule has 3 rings (SSSR count). The molecule has 1 heterocycles. The van der Waals surface area contributed by atoms with Crippen LogP contribution in [0, 0.1) is 5.92 Å². The summed E-state index contributed by atoms with van der Waals surface area (Å²) in [6.45, 7) is 0.679. The van der Waals surface area contributed by atoms with Crippen LogP contribution in [0.1, 0.15) is 30.0 Å². The number of alkyl halides is 3. The molecule has 33 heavy (non-hydrogen) atoms. The zero-order valence-electron chi connectivity index (χ0n) is 18.2. The smallest absolute Gasteiger partial charge is 0.406 e. The van der Waals surface area contributed by atoms with Gasteiger partial charge < -0.3 is 4.74 Å². The van der Waals surface area contributed by atoms with Crippen molar-refractivity contribution in [1.82, 2.24) is 5.01 Å². The van der Waals surface area contributed by atoms with Gasteiger partial charge in [0.15, 0.2) is 0 Å². The van der Waals surface area contributed by atoms with Crippen LogP contribution in [-0.4, -0.2) is 39.6 Å². The van der Waals surface area contributed by atoms with E-state index < -0.39 is 16.4 Å². The second-order valence-corrected chi connectivity index (χ2v) is 9.78. The highest BCUT2D eigenvalue weighted by Gasteiger charge is 2.35. The quantitative estimate of drug-likeness (QED) is 0.549. The zero-order valence-corrected chi connectivity index (χ0v) is 20.6. The first kappa shape index (κ1) is 29.3. The number of benzene rings is 2. The van der Waals surface area contributed by atoms with Crippen LogP contribution in [-0.2, 0) is 16.4 Å². The average Bonchev–Trinajstić information content (AvgIpc) is 2.68. The van der Waals surface area contributed by atoms with Crippen LogP contribution in [0.3, 0.4) is 0 Å². The van der Waals surface area contributed by atoms with Crippen molar-refractivity contribution < 1.29 is 26.3 Å².